The predicted molar refractivity (Wildman–Crippen MR) is 160 cm³/mol. The number of hydrogen-bond donors (Lipinski definition) is 3. The molecule has 198 valence electrons. The number of amides is 2. The van der Waals surface area contributed by atoms with Gasteiger partial charge in [-0.15, -0.1) is 11.8 Å². The van der Waals surface area contributed by atoms with Crippen LogP contribution in [0.4, 0.5) is 11.4 Å². The standard InChI is InChI=1S/C32H23ClN2O4S/c33-28-16-15-25(19-27(28)32(38)39)35-31(37)29(21-8-2-1-3-9-21)40-26-12-6-11-24(18-26)34-30(36)23-14-13-20-7-4-5-10-22(20)17-23/h1-19,29H,(H,34,36)(H,35,37)(H,38,39). The maximum Gasteiger partial charge on any atom is 0.337 e. The summed E-state index contributed by atoms with van der Waals surface area (Å²) in [7, 11) is 0. The van der Waals surface area contributed by atoms with Crippen LogP contribution in [0.5, 0.6) is 0 Å². The number of benzene rings is 5. The topological polar surface area (TPSA) is 95.5 Å². The van der Waals surface area contributed by atoms with Crippen LogP contribution in [0.25, 0.3) is 10.8 Å². The number of carbonyl (C=O) groups is 3. The molecule has 0 radical (unpaired) electrons. The number of rotatable bonds is 8. The highest BCUT2D eigenvalue weighted by Gasteiger charge is 2.23. The van der Waals surface area contributed by atoms with Crippen molar-refractivity contribution in [2.45, 2.75) is 10.1 Å². The third-order valence-corrected chi connectivity index (χ3v) is 7.74. The third kappa shape index (κ3) is 6.34. The number of anilines is 2. The highest BCUT2D eigenvalue weighted by atomic mass is 35.5. The van der Waals surface area contributed by atoms with E-state index in [2.05, 4.69) is 10.6 Å². The Morgan fingerprint density at radius 1 is 0.700 bits per heavy atom. The number of fused-ring (bicyclic) bond motifs is 1. The minimum Gasteiger partial charge on any atom is -0.478 e. The lowest BCUT2D eigenvalue weighted by Crippen LogP contribution is -2.19. The number of carboxylic acids is 1. The number of halogens is 1. The molecule has 0 aliphatic heterocycles. The normalized spacial score (nSPS) is 11.5. The van der Waals surface area contributed by atoms with Crippen LogP contribution in [-0.4, -0.2) is 22.9 Å². The summed E-state index contributed by atoms with van der Waals surface area (Å²) >= 11 is 7.30. The van der Waals surface area contributed by atoms with Crippen LogP contribution in [0.3, 0.4) is 0 Å². The molecule has 0 bridgehead atoms. The Bertz CT molecular complexity index is 1730. The summed E-state index contributed by atoms with van der Waals surface area (Å²) in [5, 5.41) is 16.6. The van der Waals surface area contributed by atoms with Gasteiger partial charge in [0.1, 0.15) is 5.25 Å². The molecule has 5 aromatic carbocycles. The Hall–Kier alpha value is -4.59. The van der Waals surface area contributed by atoms with Crippen LogP contribution in [0.15, 0.2) is 120 Å². The molecule has 1 unspecified atom stereocenters. The summed E-state index contributed by atoms with van der Waals surface area (Å²) in [6.07, 6.45) is 0. The van der Waals surface area contributed by atoms with E-state index >= 15 is 0 Å². The molecule has 5 rings (SSSR count). The van der Waals surface area contributed by atoms with Crippen molar-refractivity contribution in [1.29, 1.82) is 0 Å². The van der Waals surface area contributed by atoms with Gasteiger partial charge in [-0.1, -0.05) is 78.3 Å². The van der Waals surface area contributed by atoms with Crippen molar-refractivity contribution in [3.63, 3.8) is 0 Å². The maximum absolute atomic E-state index is 13.5. The van der Waals surface area contributed by atoms with Crippen LogP contribution in [-0.2, 0) is 4.79 Å². The van der Waals surface area contributed by atoms with Crippen LogP contribution in [0.2, 0.25) is 5.02 Å². The zero-order valence-corrected chi connectivity index (χ0v) is 22.6. The van der Waals surface area contributed by atoms with Gasteiger partial charge in [0, 0.05) is 21.8 Å². The van der Waals surface area contributed by atoms with Crippen LogP contribution in [0, 0.1) is 0 Å². The minimum atomic E-state index is -1.18. The highest BCUT2D eigenvalue weighted by molar-refractivity contribution is 8.00. The molecule has 0 spiro atoms. The fraction of sp³-hybridized carbons (Fsp3) is 0.0312. The van der Waals surface area contributed by atoms with Gasteiger partial charge in [-0.3, -0.25) is 9.59 Å². The Morgan fingerprint density at radius 3 is 2.20 bits per heavy atom. The first-order valence-corrected chi connectivity index (χ1v) is 13.6. The molecule has 6 nitrogen and oxygen atoms in total. The van der Waals surface area contributed by atoms with Crippen molar-refractivity contribution in [2.24, 2.45) is 0 Å². The lowest BCUT2D eigenvalue weighted by molar-refractivity contribution is -0.115. The first-order valence-electron chi connectivity index (χ1n) is 12.3. The molecule has 0 aliphatic rings. The van der Waals surface area contributed by atoms with Crippen molar-refractivity contribution in [3.8, 4) is 0 Å². The van der Waals surface area contributed by atoms with Gasteiger partial charge in [-0.05, 0) is 64.9 Å². The first kappa shape index (κ1) is 27.0. The molecule has 1 atom stereocenters. The largest absolute Gasteiger partial charge is 0.478 e. The van der Waals surface area contributed by atoms with E-state index in [1.165, 1.54) is 23.9 Å². The average Bonchev–Trinajstić information content (AvgIpc) is 2.97. The maximum atomic E-state index is 13.5. The molecular formula is C32H23ClN2O4S. The van der Waals surface area contributed by atoms with E-state index in [4.69, 9.17) is 11.6 Å². The summed E-state index contributed by atoms with van der Waals surface area (Å²) in [6.45, 7) is 0. The van der Waals surface area contributed by atoms with Gasteiger partial charge < -0.3 is 15.7 Å². The second-order valence-electron chi connectivity index (χ2n) is 8.94. The van der Waals surface area contributed by atoms with E-state index < -0.39 is 11.2 Å². The fourth-order valence-electron chi connectivity index (χ4n) is 4.19. The Balaban J connectivity index is 1.36. The van der Waals surface area contributed by atoms with Gasteiger partial charge in [0.25, 0.3) is 5.91 Å². The molecule has 0 fully saturated rings. The lowest BCUT2D eigenvalue weighted by Gasteiger charge is -2.18. The molecule has 3 N–H and O–H groups in total. The Kier molecular flexibility index (Phi) is 8.15. The zero-order valence-electron chi connectivity index (χ0n) is 21.0. The Morgan fingerprint density at radius 2 is 1.43 bits per heavy atom. The molecule has 5 aromatic rings. The summed E-state index contributed by atoms with van der Waals surface area (Å²) in [6, 6.07) is 34.3. The lowest BCUT2D eigenvalue weighted by atomic mass is 10.1. The van der Waals surface area contributed by atoms with Crippen LogP contribution in [0.1, 0.15) is 31.5 Å². The summed E-state index contributed by atoms with van der Waals surface area (Å²) < 4.78 is 0. The SMILES string of the molecule is O=C(Nc1cccc(SC(C(=O)Nc2ccc(Cl)c(C(=O)O)c2)c2ccccc2)c1)c1ccc2ccccc2c1. The van der Waals surface area contributed by atoms with E-state index in [-0.39, 0.29) is 22.4 Å². The summed E-state index contributed by atoms with van der Waals surface area (Å²) in [5.74, 6) is -1.75. The monoisotopic (exact) mass is 566 g/mol. The van der Waals surface area contributed by atoms with Crippen LogP contribution < -0.4 is 10.6 Å². The second kappa shape index (κ2) is 12.1. The van der Waals surface area contributed by atoms with Gasteiger partial charge in [-0.2, -0.15) is 0 Å². The van der Waals surface area contributed by atoms with Gasteiger partial charge in [0.2, 0.25) is 5.91 Å². The number of carboxylic acid groups (broad SMARTS) is 1. The van der Waals surface area contributed by atoms with E-state index in [0.717, 1.165) is 21.2 Å². The van der Waals surface area contributed by atoms with Crippen molar-refractivity contribution < 1.29 is 19.5 Å². The number of aromatic carboxylic acids is 1. The highest BCUT2D eigenvalue weighted by Crippen LogP contribution is 2.37. The summed E-state index contributed by atoms with van der Waals surface area (Å²) in [4.78, 5) is 38.7. The number of carbonyl (C=O) groups excluding carboxylic acids is 2. The van der Waals surface area contributed by atoms with Crippen molar-refractivity contribution in [2.75, 3.05) is 10.6 Å². The molecule has 0 aliphatic carbocycles. The number of hydrogen-bond acceptors (Lipinski definition) is 4. The van der Waals surface area contributed by atoms with E-state index in [1.54, 1.807) is 18.2 Å². The third-order valence-electron chi connectivity index (χ3n) is 6.16. The summed E-state index contributed by atoms with van der Waals surface area (Å²) in [5.41, 5.74) is 2.13. The van der Waals surface area contributed by atoms with E-state index in [0.29, 0.717) is 16.9 Å². The first-order chi connectivity index (χ1) is 19.4. The molecule has 0 heterocycles. The number of nitrogens with one attached hydrogen (secondary N) is 2. The van der Waals surface area contributed by atoms with Crippen LogP contribution >= 0.6 is 23.4 Å². The molecule has 0 saturated carbocycles. The van der Waals surface area contributed by atoms with Crippen molar-refractivity contribution >= 4 is 63.3 Å². The second-order valence-corrected chi connectivity index (χ2v) is 10.5. The van der Waals surface area contributed by atoms with E-state index in [9.17, 15) is 19.5 Å². The molecule has 0 aromatic heterocycles. The van der Waals surface area contributed by atoms with Gasteiger partial charge in [0.15, 0.2) is 0 Å². The zero-order chi connectivity index (χ0) is 28.1. The van der Waals surface area contributed by atoms with Crippen molar-refractivity contribution in [3.05, 3.63) is 137 Å². The molecular weight excluding hydrogens is 544 g/mol. The fourth-order valence-corrected chi connectivity index (χ4v) is 5.47. The molecule has 40 heavy (non-hydrogen) atoms. The molecule has 0 saturated heterocycles. The van der Waals surface area contributed by atoms with Gasteiger partial charge in [0.05, 0.1) is 10.6 Å². The predicted octanol–water partition coefficient (Wildman–Crippen LogP) is 7.92. The Labute approximate surface area is 240 Å². The number of thioether (sulfide) groups is 1. The average molecular weight is 567 g/mol. The quantitative estimate of drug-likeness (QED) is 0.166. The van der Waals surface area contributed by atoms with E-state index in [1.807, 2.05) is 84.9 Å². The minimum absolute atomic E-state index is 0.0852. The van der Waals surface area contributed by atoms with Gasteiger partial charge in [-0.25, -0.2) is 4.79 Å². The van der Waals surface area contributed by atoms with Gasteiger partial charge >= 0.3 is 5.97 Å². The smallest absolute Gasteiger partial charge is 0.337 e. The molecule has 2 amide bonds. The molecule has 8 heteroatoms. The van der Waals surface area contributed by atoms with Crippen molar-refractivity contribution in [1.82, 2.24) is 0 Å².